The molecular weight excluding hydrogens is 248 g/mol. The van der Waals surface area contributed by atoms with Crippen molar-refractivity contribution in [1.29, 1.82) is 0 Å². The summed E-state index contributed by atoms with van der Waals surface area (Å²) in [5, 5.41) is 11.9. The molecule has 0 aromatic carbocycles. The Morgan fingerprint density at radius 2 is 2.16 bits per heavy atom. The standard InChI is InChI=1S/C13H24N2O4/c1-10(2)9-19-8-6-14-12(18)15-7-4-5-13(15,3)11(16)17/h10H,4-9H2,1-3H3,(H,14,18)(H,16,17). The molecule has 1 heterocycles. The summed E-state index contributed by atoms with van der Waals surface area (Å²) in [6.45, 7) is 7.70. The van der Waals surface area contributed by atoms with Gasteiger partial charge in [0.05, 0.1) is 6.61 Å². The summed E-state index contributed by atoms with van der Waals surface area (Å²) in [5.74, 6) is -0.485. The summed E-state index contributed by atoms with van der Waals surface area (Å²) in [5.41, 5.74) is -1.08. The number of amides is 2. The molecule has 0 bridgehead atoms. The van der Waals surface area contributed by atoms with Crippen LogP contribution in [0.15, 0.2) is 0 Å². The van der Waals surface area contributed by atoms with Crippen LogP contribution in [0.2, 0.25) is 0 Å². The molecule has 1 aliphatic heterocycles. The third-order valence-electron chi connectivity index (χ3n) is 3.32. The third-order valence-corrected chi connectivity index (χ3v) is 3.32. The molecule has 2 amide bonds. The summed E-state index contributed by atoms with van der Waals surface area (Å²) >= 11 is 0. The van der Waals surface area contributed by atoms with Crippen molar-refractivity contribution in [2.45, 2.75) is 39.2 Å². The van der Waals surface area contributed by atoms with E-state index < -0.39 is 11.5 Å². The normalized spacial score (nSPS) is 22.8. The van der Waals surface area contributed by atoms with Crippen LogP contribution < -0.4 is 5.32 Å². The number of carbonyl (C=O) groups excluding carboxylic acids is 1. The molecule has 6 nitrogen and oxygen atoms in total. The second-order valence-corrected chi connectivity index (χ2v) is 5.53. The molecule has 0 aliphatic carbocycles. The minimum atomic E-state index is -1.08. The van der Waals surface area contributed by atoms with Gasteiger partial charge in [-0.2, -0.15) is 0 Å². The fraction of sp³-hybridized carbons (Fsp3) is 0.846. The molecule has 1 saturated heterocycles. The molecule has 2 N–H and O–H groups in total. The first-order chi connectivity index (χ1) is 8.88. The Balaban J connectivity index is 2.35. The predicted octanol–water partition coefficient (Wildman–Crippen LogP) is 1.31. The van der Waals surface area contributed by atoms with Gasteiger partial charge < -0.3 is 20.1 Å². The molecule has 19 heavy (non-hydrogen) atoms. The van der Waals surface area contributed by atoms with E-state index in [1.165, 1.54) is 4.90 Å². The Labute approximate surface area is 114 Å². The number of hydrogen-bond acceptors (Lipinski definition) is 3. The van der Waals surface area contributed by atoms with E-state index >= 15 is 0 Å². The second-order valence-electron chi connectivity index (χ2n) is 5.53. The van der Waals surface area contributed by atoms with E-state index in [1.54, 1.807) is 6.92 Å². The van der Waals surface area contributed by atoms with Gasteiger partial charge in [0, 0.05) is 19.7 Å². The molecule has 0 aromatic rings. The Hall–Kier alpha value is -1.30. The Morgan fingerprint density at radius 1 is 1.47 bits per heavy atom. The van der Waals surface area contributed by atoms with Crippen molar-refractivity contribution in [3.63, 3.8) is 0 Å². The van der Waals surface area contributed by atoms with Crippen molar-refractivity contribution in [1.82, 2.24) is 10.2 Å². The predicted molar refractivity (Wildman–Crippen MR) is 71.0 cm³/mol. The third kappa shape index (κ3) is 4.09. The van der Waals surface area contributed by atoms with Gasteiger partial charge in [0.25, 0.3) is 0 Å². The van der Waals surface area contributed by atoms with Gasteiger partial charge in [-0.15, -0.1) is 0 Å². The minimum Gasteiger partial charge on any atom is -0.480 e. The number of aliphatic carboxylic acids is 1. The van der Waals surface area contributed by atoms with E-state index in [0.29, 0.717) is 38.6 Å². The molecular formula is C13H24N2O4. The molecule has 1 atom stereocenters. The zero-order valence-electron chi connectivity index (χ0n) is 11.9. The van der Waals surface area contributed by atoms with Crippen molar-refractivity contribution in [2.24, 2.45) is 5.92 Å². The first kappa shape index (κ1) is 15.8. The molecule has 0 aromatic heterocycles. The smallest absolute Gasteiger partial charge is 0.329 e. The van der Waals surface area contributed by atoms with Crippen molar-refractivity contribution in [3.05, 3.63) is 0 Å². The summed E-state index contributed by atoms with van der Waals surface area (Å²) in [6.07, 6.45) is 1.22. The van der Waals surface area contributed by atoms with E-state index in [-0.39, 0.29) is 6.03 Å². The van der Waals surface area contributed by atoms with Crippen LogP contribution in [0.25, 0.3) is 0 Å². The lowest BCUT2D eigenvalue weighted by molar-refractivity contribution is -0.147. The van der Waals surface area contributed by atoms with Crippen molar-refractivity contribution in [3.8, 4) is 0 Å². The van der Waals surface area contributed by atoms with Crippen LogP contribution in [0.3, 0.4) is 0 Å². The molecule has 110 valence electrons. The first-order valence-electron chi connectivity index (χ1n) is 6.74. The number of rotatable bonds is 6. The van der Waals surface area contributed by atoms with Crippen molar-refractivity contribution >= 4 is 12.0 Å². The van der Waals surface area contributed by atoms with Crippen LogP contribution in [-0.4, -0.2) is 53.8 Å². The molecule has 0 radical (unpaired) electrons. The van der Waals surface area contributed by atoms with Crippen LogP contribution in [0.5, 0.6) is 0 Å². The first-order valence-corrected chi connectivity index (χ1v) is 6.74. The zero-order valence-corrected chi connectivity index (χ0v) is 11.9. The number of carbonyl (C=O) groups is 2. The van der Waals surface area contributed by atoms with E-state index in [0.717, 1.165) is 6.42 Å². The quantitative estimate of drug-likeness (QED) is 0.714. The van der Waals surface area contributed by atoms with Gasteiger partial charge in [-0.3, -0.25) is 0 Å². The largest absolute Gasteiger partial charge is 0.480 e. The number of nitrogens with one attached hydrogen (secondary N) is 1. The number of urea groups is 1. The van der Waals surface area contributed by atoms with Gasteiger partial charge in [0.15, 0.2) is 0 Å². The number of hydrogen-bond donors (Lipinski definition) is 2. The monoisotopic (exact) mass is 272 g/mol. The minimum absolute atomic E-state index is 0.324. The number of carboxylic acids is 1. The maximum absolute atomic E-state index is 12.0. The second kappa shape index (κ2) is 6.75. The fourth-order valence-electron chi connectivity index (χ4n) is 2.16. The van der Waals surface area contributed by atoms with E-state index in [2.05, 4.69) is 19.2 Å². The number of nitrogens with zero attached hydrogens (tertiary/aromatic N) is 1. The molecule has 1 unspecified atom stereocenters. The highest BCUT2D eigenvalue weighted by molar-refractivity contribution is 5.86. The summed E-state index contributed by atoms with van der Waals surface area (Å²) in [6, 6.07) is -0.324. The molecule has 0 spiro atoms. The topological polar surface area (TPSA) is 78.9 Å². The van der Waals surface area contributed by atoms with Crippen LogP contribution >= 0.6 is 0 Å². The lowest BCUT2D eigenvalue weighted by atomic mass is 10.00. The van der Waals surface area contributed by atoms with Crippen molar-refractivity contribution < 1.29 is 19.4 Å². The van der Waals surface area contributed by atoms with Gasteiger partial charge in [-0.25, -0.2) is 9.59 Å². The SMILES string of the molecule is CC(C)COCCNC(=O)N1CCCC1(C)C(=O)O. The Kier molecular flexibility index (Phi) is 5.60. The number of carboxylic acid groups (broad SMARTS) is 1. The Bertz CT molecular complexity index is 333. The van der Waals surface area contributed by atoms with Gasteiger partial charge in [0.1, 0.15) is 5.54 Å². The average Bonchev–Trinajstić information content (AvgIpc) is 2.71. The zero-order chi connectivity index (χ0) is 14.5. The number of likely N-dealkylation sites (tertiary alicyclic amines) is 1. The van der Waals surface area contributed by atoms with Gasteiger partial charge >= 0.3 is 12.0 Å². The average molecular weight is 272 g/mol. The van der Waals surface area contributed by atoms with Crippen molar-refractivity contribution in [2.75, 3.05) is 26.3 Å². The molecule has 6 heteroatoms. The molecule has 1 aliphatic rings. The highest BCUT2D eigenvalue weighted by atomic mass is 16.5. The highest BCUT2D eigenvalue weighted by Crippen LogP contribution is 2.28. The Morgan fingerprint density at radius 3 is 2.74 bits per heavy atom. The fourth-order valence-corrected chi connectivity index (χ4v) is 2.16. The lowest BCUT2D eigenvalue weighted by Crippen LogP contribution is -2.54. The van der Waals surface area contributed by atoms with Crippen LogP contribution in [0.1, 0.15) is 33.6 Å². The molecule has 1 rings (SSSR count). The summed E-state index contributed by atoms with van der Waals surface area (Å²) in [7, 11) is 0. The van der Waals surface area contributed by atoms with E-state index in [4.69, 9.17) is 4.74 Å². The highest BCUT2D eigenvalue weighted by Gasteiger charge is 2.45. The maximum Gasteiger partial charge on any atom is 0.329 e. The van der Waals surface area contributed by atoms with Gasteiger partial charge in [-0.1, -0.05) is 13.8 Å². The molecule has 0 saturated carbocycles. The lowest BCUT2D eigenvalue weighted by Gasteiger charge is -2.31. The van der Waals surface area contributed by atoms with Crippen LogP contribution in [0, 0.1) is 5.92 Å². The number of ether oxygens (including phenoxy) is 1. The molecule has 1 fully saturated rings. The van der Waals surface area contributed by atoms with Gasteiger partial charge in [-0.05, 0) is 25.7 Å². The van der Waals surface area contributed by atoms with E-state index in [9.17, 15) is 14.7 Å². The van der Waals surface area contributed by atoms with Crippen LogP contribution in [0.4, 0.5) is 4.79 Å². The van der Waals surface area contributed by atoms with Crippen LogP contribution in [-0.2, 0) is 9.53 Å². The van der Waals surface area contributed by atoms with E-state index in [1.807, 2.05) is 0 Å². The maximum atomic E-state index is 12.0. The summed E-state index contributed by atoms with van der Waals surface area (Å²) < 4.78 is 5.36. The summed E-state index contributed by atoms with van der Waals surface area (Å²) in [4.78, 5) is 24.6. The van der Waals surface area contributed by atoms with Gasteiger partial charge in [0.2, 0.25) is 0 Å².